The van der Waals surface area contributed by atoms with Crippen molar-refractivity contribution in [2.24, 2.45) is 5.92 Å². The van der Waals surface area contributed by atoms with Gasteiger partial charge in [-0.1, -0.05) is 20.8 Å². The van der Waals surface area contributed by atoms with Gasteiger partial charge in [0.2, 0.25) is 5.91 Å². The molecule has 2 N–H and O–H groups in total. The van der Waals surface area contributed by atoms with Gasteiger partial charge in [0.1, 0.15) is 6.04 Å². The molecule has 0 aromatic carbocycles. The Morgan fingerprint density at radius 3 is 2.44 bits per heavy atom. The van der Waals surface area contributed by atoms with E-state index in [9.17, 15) is 9.59 Å². The van der Waals surface area contributed by atoms with E-state index in [0.29, 0.717) is 12.8 Å². The van der Waals surface area contributed by atoms with Gasteiger partial charge in [-0.3, -0.25) is 4.79 Å². The number of carboxylic acid groups (broad SMARTS) is 1. The molecule has 4 nitrogen and oxygen atoms in total. The topological polar surface area (TPSA) is 66.4 Å². The zero-order valence-electron chi connectivity index (χ0n) is 10.2. The van der Waals surface area contributed by atoms with E-state index in [-0.39, 0.29) is 11.8 Å². The number of nitrogens with one attached hydrogen (secondary N) is 1. The number of carbonyl (C=O) groups excluding carboxylic acids is 1. The Hall–Kier alpha value is -0.710. The molecular weight excluding hydrogens is 226 g/mol. The van der Waals surface area contributed by atoms with Crippen LogP contribution in [0.4, 0.5) is 0 Å². The molecule has 1 unspecified atom stereocenters. The van der Waals surface area contributed by atoms with Crippen molar-refractivity contribution in [1.82, 2.24) is 5.32 Å². The largest absolute Gasteiger partial charge is 0.480 e. The molecule has 0 saturated carbocycles. The van der Waals surface area contributed by atoms with Crippen LogP contribution in [0.5, 0.6) is 0 Å². The van der Waals surface area contributed by atoms with Gasteiger partial charge in [-0.25, -0.2) is 4.79 Å². The van der Waals surface area contributed by atoms with Crippen molar-refractivity contribution in [2.45, 2.75) is 39.7 Å². The maximum absolute atomic E-state index is 11.4. The fraction of sp³-hybridized carbons (Fsp3) is 0.818. The molecule has 0 aromatic heterocycles. The second-order valence-electron chi connectivity index (χ2n) is 4.04. The summed E-state index contributed by atoms with van der Waals surface area (Å²) in [5.41, 5.74) is 0. The van der Waals surface area contributed by atoms with Crippen LogP contribution in [-0.4, -0.2) is 34.5 Å². The first-order valence-electron chi connectivity index (χ1n) is 5.57. The van der Waals surface area contributed by atoms with Gasteiger partial charge < -0.3 is 10.4 Å². The predicted molar refractivity (Wildman–Crippen MR) is 66.6 cm³/mol. The van der Waals surface area contributed by atoms with Crippen molar-refractivity contribution < 1.29 is 14.7 Å². The predicted octanol–water partition coefficient (Wildman–Crippen LogP) is 1.75. The second-order valence-corrected chi connectivity index (χ2v) is 5.44. The van der Waals surface area contributed by atoms with Crippen LogP contribution in [0.15, 0.2) is 0 Å². The van der Waals surface area contributed by atoms with Crippen LogP contribution in [0.2, 0.25) is 0 Å². The van der Waals surface area contributed by atoms with Gasteiger partial charge in [0.15, 0.2) is 0 Å². The van der Waals surface area contributed by atoms with E-state index < -0.39 is 12.0 Å². The molecule has 94 valence electrons. The molecule has 0 aliphatic carbocycles. The molecule has 0 radical (unpaired) electrons. The number of carbonyl (C=O) groups is 2. The second kappa shape index (κ2) is 8.44. The standard InChI is InChI=1S/C11H21NO3S/c1-4-16-6-5-9(11(14)15)12-10(13)7-8(2)3/h8-9H,4-7H2,1-3H3,(H,12,13)(H,14,15). The van der Waals surface area contributed by atoms with Crippen LogP contribution in [0.1, 0.15) is 33.6 Å². The van der Waals surface area contributed by atoms with E-state index in [1.807, 2.05) is 20.8 Å². The summed E-state index contributed by atoms with van der Waals surface area (Å²) in [6.07, 6.45) is 0.863. The number of amides is 1. The first-order chi connectivity index (χ1) is 7.47. The van der Waals surface area contributed by atoms with Crippen molar-refractivity contribution in [3.05, 3.63) is 0 Å². The quantitative estimate of drug-likeness (QED) is 0.641. The van der Waals surface area contributed by atoms with E-state index in [4.69, 9.17) is 5.11 Å². The zero-order valence-corrected chi connectivity index (χ0v) is 11.0. The van der Waals surface area contributed by atoms with Crippen LogP contribution < -0.4 is 5.32 Å². The van der Waals surface area contributed by atoms with E-state index in [1.165, 1.54) is 0 Å². The molecule has 0 saturated heterocycles. The Labute approximate surface area is 101 Å². The summed E-state index contributed by atoms with van der Waals surface area (Å²) in [4.78, 5) is 22.3. The molecule has 5 heteroatoms. The summed E-state index contributed by atoms with van der Waals surface area (Å²) in [5.74, 6) is 0.846. The maximum atomic E-state index is 11.4. The van der Waals surface area contributed by atoms with Crippen molar-refractivity contribution in [3.63, 3.8) is 0 Å². The SMILES string of the molecule is CCSCCC(NC(=O)CC(C)C)C(=O)O. The number of hydrogen-bond donors (Lipinski definition) is 2. The maximum Gasteiger partial charge on any atom is 0.326 e. The Balaban J connectivity index is 4.02. The fourth-order valence-electron chi connectivity index (χ4n) is 1.23. The van der Waals surface area contributed by atoms with Gasteiger partial charge in [-0.15, -0.1) is 0 Å². The highest BCUT2D eigenvalue weighted by Crippen LogP contribution is 2.06. The van der Waals surface area contributed by atoms with Crippen LogP contribution in [0, 0.1) is 5.92 Å². The minimum Gasteiger partial charge on any atom is -0.480 e. The van der Waals surface area contributed by atoms with Gasteiger partial charge in [0.25, 0.3) is 0 Å². The molecule has 0 bridgehead atoms. The molecule has 0 aliphatic heterocycles. The summed E-state index contributed by atoms with van der Waals surface area (Å²) in [7, 11) is 0. The Kier molecular flexibility index (Phi) is 8.07. The molecule has 0 rings (SSSR count). The highest BCUT2D eigenvalue weighted by molar-refractivity contribution is 7.99. The molecular formula is C11H21NO3S. The first kappa shape index (κ1) is 15.3. The van der Waals surface area contributed by atoms with Crippen molar-refractivity contribution >= 4 is 23.6 Å². The number of carboxylic acids is 1. The third kappa shape index (κ3) is 7.56. The van der Waals surface area contributed by atoms with E-state index >= 15 is 0 Å². The van der Waals surface area contributed by atoms with Crippen LogP contribution >= 0.6 is 11.8 Å². The molecule has 0 aliphatic rings. The Morgan fingerprint density at radius 2 is 2.00 bits per heavy atom. The number of rotatable bonds is 8. The number of thioether (sulfide) groups is 1. The molecule has 0 spiro atoms. The van der Waals surface area contributed by atoms with Gasteiger partial charge in [0.05, 0.1) is 0 Å². The van der Waals surface area contributed by atoms with Gasteiger partial charge >= 0.3 is 5.97 Å². The molecule has 0 fully saturated rings. The highest BCUT2D eigenvalue weighted by atomic mass is 32.2. The minimum atomic E-state index is -0.950. The lowest BCUT2D eigenvalue weighted by Crippen LogP contribution is -2.41. The lowest BCUT2D eigenvalue weighted by molar-refractivity contribution is -0.142. The monoisotopic (exact) mass is 247 g/mol. The third-order valence-corrected chi connectivity index (χ3v) is 2.91. The molecule has 0 heterocycles. The van der Waals surface area contributed by atoms with Crippen LogP contribution in [0.3, 0.4) is 0 Å². The van der Waals surface area contributed by atoms with Crippen LogP contribution in [-0.2, 0) is 9.59 Å². The minimum absolute atomic E-state index is 0.177. The smallest absolute Gasteiger partial charge is 0.326 e. The summed E-state index contributed by atoms with van der Waals surface area (Å²) in [6, 6.07) is -0.745. The lowest BCUT2D eigenvalue weighted by Gasteiger charge is -2.14. The number of hydrogen-bond acceptors (Lipinski definition) is 3. The Morgan fingerprint density at radius 1 is 1.38 bits per heavy atom. The normalized spacial score (nSPS) is 12.5. The zero-order chi connectivity index (χ0) is 12.6. The number of aliphatic carboxylic acids is 1. The molecule has 1 atom stereocenters. The summed E-state index contributed by atoms with van der Waals surface area (Å²) in [6.45, 7) is 5.89. The van der Waals surface area contributed by atoms with E-state index in [2.05, 4.69) is 5.32 Å². The first-order valence-corrected chi connectivity index (χ1v) is 6.72. The summed E-state index contributed by atoms with van der Waals surface area (Å²) >= 11 is 1.68. The molecule has 0 aromatic rings. The van der Waals surface area contributed by atoms with Crippen molar-refractivity contribution in [3.8, 4) is 0 Å². The van der Waals surface area contributed by atoms with Gasteiger partial charge in [-0.05, 0) is 23.8 Å². The average molecular weight is 247 g/mol. The fourth-order valence-corrected chi connectivity index (χ4v) is 1.92. The van der Waals surface area contributed by atoms with Crippen LogP contribution in [0.25, 0.3) is 0 Å². The van der Waals surface area contributed by atoms with Gasteiger partial charge in [-0.2, -0.15) is 11.8 Å². The lowest BCUT2D eigenvalue weighted by atomic mass is 10.1. The average Bonchev–Trinajstić information content (AvgIpc) is 2.15. The highest BCUT2D eigenvalue weighted by Gasteiger charge is 2.19. The van der Waals surface area contributed by atoms with Gasteiger partial charge in [0, 0.05) is 6.42 Å². The summed E-state index contributed by atoms with van der Waals surface area (Å²) in [5, 5.41) is 11.5. The van der Waals surface area contributed by atoms with Crippen molar-refractivity contribution in [1.29, 1.82) is 0 Å². The van der Waals surface area contributed by atoms with E-state index in [0.717, 1.165) is 11.5 Å². The third-order valence-electron chi connectivity index (χ3n) is 1.98. The van der Waals surface area contributed by atoms with E-state index in [1.54, 1.807) is 11.8 Å². The molecule has 16 heavy (non-hydrogen) atoms. The molecule has 1 amide bonds. The Bertz CT molecular complexity index is 231. The van der Waals surface area contributed by atoms with Crippen molar-refractivity contribution in [2.75, 3.05) is 11.5 Å². The summed E-state index contributed by atoms with van der Waals surface area (Å²) < 4.78 is 0.